The van der Waals surface area contributed by atoms with Crippen molar-refractivity contribution in [1.82, 2.24) is 0 Å². The summed E-state index contributed by atoms with van der Waals surface area (Å²) < 4.78 is 0. The number of hydrogen-bond donors (Lipinski definition) is 1. The zero-order valence-electron chi connectivity index (χ0n) is 12.8. The number of ketones is 1. The van der Waals surface area contributed by atoms with E-state index in [1.807, 2.05) is 24.3 Å². The molecule has 0 aromatic heterocycles. The molecule has 3 heteroatoms. The Morgan fingerprint density at radius 3 is 2.67 bits per heavy atom. The Kier molecular flexibility index (Phi) is 4.49. The Bertz CT molecular complexity index is 519. The lowest BCUT2D eigenvalue weighted by Crippen LogP contribution is -3.18. The Balaban J connectivity index is 1.68. The molecule has 0 radical (unpaired) electrons. The third-order valence-electron chi connectivity index (χ3n) is 5.03. The van der Waals surface area contributed by atoms with Gasteiger partial charge in [-0.1, -0.05) is 0 Å². The molecule has 1 unspecified atom stereocenters. The topological polar surface area (TPSA) is 33.9 Å². The summed E-state index contributed by atoms with van der Waals surface area (Å²) in [6.07, 6.45) is 8.91. The van der Waals surface area contributed by atoms with Crippen LogP contribution in [0.15, 0.2) is 29.3 Å². The summed E-state index contributed by atoms with van der Waals surface area (Å²) in [5, 5.41) is 0. The van der Waals surface area contributed by atoms with Gasteiger partial charge in [0.1, 0.15) is 0 Å². The maximum absolute atomic E-state index is 11.3. The maximum atomic E-state index is 11.3. The molecule has 0 spiro atoms. The van der Waals surface area contributed by atoms with Crippen LogP contribution in [-0.2, 0) is 0 Å². The van der Waals surface area contributed by atoms with E-state index in [4.69, 9.17) is 0 Å². The average Bonchev–Trinajstić information content (AvgIpc) is 2.53. The molecule has 2 saturated heterocycles. The Morgan fingerprint density at radius 1 is 1.14 bits per heavy atom. The average molecular weight is 285 g/mol. The van der Waals surface area contributed by atoms with Gasteiger partial charge in [-0.15, -0.1) is 0 Å². The first-order valence-electron chi connectivity index (χ1n) is 8.24. The summed E-state index contributed by atoms with van der Waals surface area (Å²) in [5.74, 6) is 0.737. The molecule has 2 heterocycles. The third-order valence-corrected chi connectivity index (χ3v) is 5.03. The van der Waals surface area contributed by atoms with E-state index in [2.05, 4.69) is 11.2 Å². The number of benzene rings is 1. The fourth-order valence-electron chi connectivity index (χ4n) is 3.84. The van der Waals surface area contributed by atoms with Crippen molar-refractivity contribution in [1.29, 1.82) is 0 Å². The van der Waals surface area contributed by atoms with Crippen molar-refractivity contribution < 1.29 is 9.69 Å². The van der Waals surface area contributed by atoms with Crippen LogP contribution >= 0.6 is 0 Å². The van der Waals surface area contributed by atoms with Gasteiger partial charge < -0.3 is 4.90 Å². The van der Waals surface area contributed by atoms with Crippen LogP contribution in [0.4, 0.5) is 5.69 Å². The molecular formula is C18H25N2O+. The van der Waals surface area contributed by atoms with E-state index in [1.165, 1.54) is 45.2 Å². The van der Waals surface area contributed by atoms with Gasteiger partial charge in [-0.25, -0.2) is 0 Å². The largest absolute Gasteiger partial charge is 0.332 e. The lowest BCUT2D eigenvalue weighted by Gasteiger charge is -2.39. The van der Waals surface area contributed by atoms with E-state index in [0.717, 1.165) is 17.3 Å². The van der Waals surface area contributed by atoms with Gasteiger partial charge in [0.25, 0.3) is 0 Å². The second kappa shape index (κ2) is 6.52. The molecule has 3 nitrogen and oxygen atoms in total. The van der Waals surface area contributed by atoms with E-state index >= 15 is 0 Å². The zero-order valence-corrected chi connectivity index (χ0v) is 12.8. The minimum atomic E-state index is 0.110. The summed E-state index contributed by atoms with van der Waals surface area (Å²) in [5.41, 5.74) is 1.72. The lowest BCUT2D eigenvalue weighted by atomic mass is 9.84. The number of fused-ring (bicyclic) bond motifs is 1. The smallest absolute Gasteiger partial charge is 0.159 e. The Labute approximate surface area is 127 Å². The highest BCUT2D eigenvalue weighted by Gasteiger charge is 2.35. The summed E-state index contributed by atoms with van der Waals surface area (Å²) >= 11 is 0. The predicted molar refractivity (Wildman–Crippen MR) is 85.7 cm³/mol. The number of piperidine rings is 2. The minimum Gasteiger partial charge on any atom is -0.332 e. The standard InChI is InChI=1S/C18H24N2O/c1-14(21)15-7-9-17(10-8-15)19-13-16-5-4-12-20-11-3-2-6-18(16)20/h7-10,13,16,18H,2-6,11-12H2,1H3/p+1/t16-,18-/m0/s1. The first-order chi connectivity index (χ1) is 10.2. The highest BCUT2D eigenvalue weighted by Crippen LogP contribution is 2.20. The van der Waals surface area contributed by atoms with Gasteiger partial charge in [0.2, 0.25) is 0 Å². The summed E-state index contributed by atoms with van der Waals surface area (Å²) in [4.78, 5) is 17.8. The molecule has 3 atom stereocenters. The SMILES string of the molecule is CC(=O)c1ccc(N=C[C@@H]2CCC[NH+]3CCCC[C@@H]23)cc1. The molecule has 0 bridgehead atoms. The summed E-state index contributed by atoms with van der Waals surface area (Å²) in [6, 6.07) is 8.42. The van der Waals surface area contributed by atoms with Crippen molar-refractivity contribution >= 4 is 17.7 Å². The van der Waals surface area contributed by atoms with Gasteiger partial charge in [0.05, 0.1) is 24.8 Å². The third kappa shape index (κ3) is 3.41. The second-order valence-electron chi connectivity index (χ2n) is 6.45. The van der Waals surface area contributed by atoms with Crippen molar-refractivity contribution in [3.8, 4) is 0 Å². The second-order valence-corrected chi connectivity index (χ2v) is 6.45. The minimum absolute atomic E-state index is 0.110. The quantitative estimate of drug-likeness (QED) is 0.672. The summed E-state index contributed by atoms with van der Waals surface area (Å²) in [6.45, 7) is 4.30. The van der Waals surface area contributed by atoms with Crippen molar-refractivity contribution in [2.24, 2.45) is 10.9 Å². The van der Waals surface area contributed by atoms with Crippen LogP contribution in [0.1, 0.15) is 49.4 Å². The van der Waals surface area contributed by atoms with Crippen LogP contribution in [-0.4, -0.2) is 31.1 Å². The van der Waals surface area contributed by atoms with Gasteiger partial charge in [0, 0.05) is 24.1 Å². The molecular weight excluding hydrogens is 260 g/mol. The molecule has 1 aromatic rings. The molecule has 2 fully saturated rings. The van der Waals surface area contributed by atoms with Crippen LogP contribution in [0.3, 0.4) is 0 Å². The van der Waals surface area contributed by atoms with Crippen LogP contribution in [0, 0.1) is 5.92 Å². The van der Waals surface area contributed by atoms with Crippen LogP contribution < -0.4 is 4.90 Å². The highest BCUT2D eigenvalue weighted by atomic mass is 16.1. The van der Waals surface area contributed by atoms with Crippen molar-refractivity contribution in [3.05, 3.63) is 29.8 Å². The normalized spacial score (nSPS) is 29.3. The van der Waals surface area contributed by atoms with E-state index in [0.29, 0.717) is 5.92 Å². The molecule has 21 heavy (non-hydrogen) atoms. The number of Topliss-reactive ketones (excluding diaryl/α,β-unsaturated/α-hetero) is 1. The number of quaternary nitrogens is 1. The molecule has 1 aromatic carbocycles. The van der Waals surface area contributed by atoms with Crippen molar-refractivity contribution in [2.75, 3.05) is 13.1 Å². The number of aliphatic imine (C=N–C) groups is 1. The number of carbonyl (C=O) groups excluding carboxylic acids is 1. The first kappa shape index (κ1) is 14.5. The summed E-state index contributed by atoms with van der Waals surface area (Å²) in [7, 11) is 0. The predicted octanol–water partition coefficient (Wildman–Crippen LogP) is 2.44. The van der Waals surface area contributed by atoms with E-state index < -0.39 is 0 Å². The van der Waals surface area contributed by atoms with Gasteiger partial charge in [-0.3, -0.25) is 9.79 Å². The Morgan fingerprint density at radius 2 is 1.90 bits per heavy atom. The van der Waals surface area contributed by atoms with Gasteiger partial charge in [0.15, 0.2) is 5.78 Å². The molecule has 0 amide bonds. The van der Waals surface area contributed by atoms with Crippen LogP contribution in [0.2, 0.25) is 0 Å². The number of rotatable bonds is 3. The first-order valence-corrected chi connectivity index (χ1v) is 8.24. The molecule has 112 valence electrons. The lowest BCUT2D eigenvalue weighted by molar-refractivity contribution is -0.938. The van der Waals surface area contributed by atoms with Crippen molar-refractivity contribution in [2.45, 2.75) is 45.1 Å². The molecule has 3 rings (SSSR count). The van der Waals surface area contributed by atoms with E-state index in [9.17, 15) is 4.79 Å². The zero-order chi connectivity index (χ0) is 14.7. The van der Waals surface area contributed by atoms with Gasteiger partial charge in [-0.05, 0) is 56.9 Å². The molecule has 1 N–H and O–H groups in total. The van der Waals surface area contributed by atoms with Gasteiger partial charge in [-0.2, -0.15) is 0 Å². The number of nitrogens with one attached hydrogen (secondary N) is 1. The van der Waals surface area contributed by atoms with E-state index in [1.54, 1.807) is 11.8 Å². The molecule has 0 aliphatic carbocycles. The number of hydrogen-bond acceptors (Lipinski definition) is 2. The Hall–Kier alpha value is -1.48. The fourth-order valence-corrected chi connectivity index (χ4v) is 3.84. The van der Waals surface area contributed by atoms with Crippen molar-refractivity contribution in [3.63, 3.8) is 0 Å². The van der Waals surface area contributed by atoms with Gasteiger partial charge >= 0.3 is 0 Å². The maximum Gasteiger partial charge on any atom is 0.159 e. The number of carbonyl (C=O) groups is 1. The molecule has 0 saturated carbocycles. The van der Waals surface area contributed by atoms with Crippen LogP contribution in [0.5, 0.6) is 0 Å². The van der Waals surface area contributed by atoms with E-state index in [-0.39, 0.29) is 5.78 Å². The van der Waals surface area contributed by atoms with Crippen LogP contribution in [0.25, 0.3) is 0 Å². The highest BCUT2D eigenvalue weighted by molar-refractivity contribution is 5.94. The molecule has 2 aliphatic rings. The molecule has 2 aliphatic heterocycles. The fraction of sp³-hybridized carbons (Fsp3) is 0.556. The number of nitrogens with zero attached hydrogens (tertiary/aromatic N) is 1. The monoisotopic (exact) mass is 285 g/mol.